The van der Waals surface area contributed by atoms with Crippen molar-refractivity contribution in [2.24, 2.45) is 0 Å². The van der Waals surface area contributed by atoms with Gasteiger partial charge in [0.1, 0.15) is 0 Å². The average molecular weight is 226 g/mol. The van der Waals surface area contributed by atoms with Crippen LogP contribution in [-0.4, -0.2) is 11.2 Å². The van der Waals surface area contributed by atoms with Crippen molar-refractivity contribution in [3.63, 3.8) is 0 Å². The number of hydrogen-bond acceptors (Lipinski definition) is 1. The van der Waals surface area contributed by atoms with Crippen LogP contribution >= 0.6 is 0 Å². The molecule has 0 bridgehead atoms. The van der Waals surface area contributed by atoms with Gasteiger partial charge in [-0.15, -0.1) is 0 Å². The molecular formula is C16H18O. The minimum absolute atomic E-state index is 0.290. The smallest absolute Gasteiger partial charge is 0.0552 e. The second-order valence-corrected chi connectivity index (χ2v) is 4.57. The molecule has 0 fully saturated rings. The number of benzene rings is 2. The second kappa shape index (κ2) is 5.15. The Morgan fingerprint density at radius 1 is 1.06 bits per heavy atom. The molecule has 2 aromatic carbocycles. The van der Waals surface area contributed by atoms with Gasteiger partial charge in [-0.3, -0.25) is 0 Å². The normalized spacial score (nSPS) is 12.4. The molecule has 0 radical (unpaired) electrons. The molecule has 0 unspecified atom stereocenters. The van der Waals surface area contributed by atoms with E-state index in [1.807, 2.05) is 6.92 Å². The zero-order valence-corrected chi connectivity index (χ0v) is 10.4. The van der Waals surface area contributed by atoms with E-state index in [0.29, 0.717) is 6.42 Å². The quantitative estimate of drug-likeness (QED) is 0.848. The number of rotatable bonds is 3. The van der Waals surface area contributed by atoms with Gasteiger partial charge in [0, 0.05) is 0 Å². The van der Waals surface area contributed by atoms with Crippen molar-refractivity contribution >= 4 is 0 Å². The highest BCUT2D eigenvalue weighted by atomic mass is 16.3. The summed E-state index contributed by atoms with van der Waals surface area (Å²) in [5.41, 5.74) is 4.95. The number of aliphatic hydroxyl groups excluding tert-OH is 1. The molecule has 0 amide bonds. The standard InChI is InChI=1S/C16H18O/c1-12-6-3-4-9-16(12)15-8-5-7-14(11-15)10-13(2)17/h3-9,11,13,17H,10H2,1-2H3/t13-/m1/s1. The Morgan fingerprint density at radius 3 is 2.53 bits per heavy atom. The predicted molar refractivity (Wildman–Crippen MR) is 72.0 cm³/mol. The first-order valence-corrected chi connectivity index (χ1v) is 6.00. The second-order valence-electron chi connectivity index (χ2n) is 4.57. The van der Waals surface area contributed by atoms with Crippen LogP contribution < -0.4 is 0 Å². The van der Waals surface area contributed by atoms with Crippen LogP contribution in [0.1, 0.15) is 18.1 Å². The van der Waals surface area contributed by atoms with E-state index in [0.717, 1.165) is 0 Å². The van der Waals surface area contributed by atoms with E-state index in [4.69, 9.17) is 0 Å². The lowest BCUT2D eigenvalue weighted by Gasteiger charge is -2.09. The Morgan fingerprint density at radius 2 is 1.82 bits per heavy atom. The van der Waals surface area contributed by atoms with Crippen molar-refractivity contribution in [1.29, 1.82) is 0 Å². The Balaban J connectivity index is 2.37. The van der Waals surface area contributed by atoms with Crippen molar-refractivity contribution in [3.8, 4) is 11.1 Å². The van der Waals surface area contributed by atoms with Gasteiger partial charge in [-0.1, -0.05) is 48.5 Å². The fourth-order valence-electron chi connectivity index (χ4n) is 2.10. The van der Waals surface area contributed by atoms with E-state index >= 15 is 0 Å². The first kappa shape index (κ1) is 11.9. The molecule has 0 aliphatic carbocycles. The fraction of sp³-hybridized carbons (Fsp3) is 0.250. The topological polar surface area (TPSA) is 20.2 Å². The first-order chi connectivity index (χ1) is 8.16. The molecule has 1 heteroatoms. The van der Waals surface area contributed by atoms with Gasteiger partial charge in [-0.25, -0.2) is 0 Å². The molecule has 0 aromatic heterocycles. The van der Waals surface area contributed by atoms with Crippen molar-refractivity contribution in [2.75, 3.05) is 0 Å². The third-order valence-corrected chi connectivity index (χ3v) is 2.91. The molecule has 0 spiro atoms. The Kier molecular flexibility index (Phi) is 3.60. The molecule has 0 aliphatic rings. The lowest BCUT2D eigenvalue weighted by molar-refractivity contribution is 0.195. The monoisotopic (exact) mass is 226 g/mol. The lowest BCUT2D eigenvalue weighted by atomic mass is 9.97. The van der Waals surface area contributed by atoms with Crippen LogP contribution in [0.25, 0.3) is 11.1 Å². The molecule has 0 saturated heterocycles. The van der Waals surface area contributed by atoms with Gasteiger partial charge >= 0.3 is 0 Å². The van der Waals surface area contributed by atoms with Gasteiger partial charge in [0.05, 0.1) is 6.10 Å². The summed E-state index contributed by atoms with van der Waals surface area (Å²) < 4.78 is 0. The fourth-order valence-corrected chi connectivity index (χ4v) is 2.10. The van der Waals surface area contributed by atoms with Crippen LogP contribution in [0.5, 0.6) is 0 Å². The van der Waals surface area contributed by atoms with Gasteiger partial charge in [-0.05, 0) is 42.5 Å². The first-order valence-electron chi connectivity index (χ1n) is 6.00. The Hall–Kier alpha value is -1.60. The van der Waals surface area contributed by atoms with Crippen LogP contribution in [0, 0.1) is 6.92 Å². The van der Waals surface area contributed by atoms with Gasteiger partial charge in [-0.2, -0.15) is 0 Å². The molecule has 1 N–H and O–H groups in total. The molecule has 1 atom stereocenters. The number of aryl methyl sites for hydroxylation is 1. The van der Waals surface area contributed by atoms with Gasteiger partial charge in [0.25, 0.3) is 0 Å². The zero-order valence-electron chi connectivity index (χ0n) is 10.4. The zero-order chi connectivity index (χ0) is 12.3. The van der Waals surface area contributed by atoms with Gasteiger partial charge < -0.3 is 5.11 Å². The van der Waals surface area contributed by atoms with Crippen molar-refractivity contribution in [3.05, 3.63) is 59.7 Å². The molecule has 17 heavy (non-hydrogen) atoms. The summed E-state index contributed by atoms with van der Waals surface area (Å²) in [6, 6.07) is 16.8. The van der Waals surface area contributed by atoms with Crippen molar-refractivity contribution in [1.82, 2.24) is 0 Å². The van der Waals surface area contributed by atoms with Gasteiger partial charge in [0.2, 0.25) is 0 Å². The van der Waals surface area contributed by atoms with E-state index in [-0.39, 0.29) is 6.10 Å². The molecule has 0 heterocycles. The van der Waals surface area contributed by atoms with Crippen LogP contribution in [0.4, 0.5) is 0 Å². The molecule has 2 aromatic rings. The SMILES string of the molecule is Cc1ccccc1-c1cccc(C[C@@H](C)O)c1. The minimum atomic E-state index is -0.290. The summed E-state index contributed by atoms with van der Waals surface area (Å²) in [7, 11) is 0. The third-order valence-electron chi connectivity index (χ3n) is 2.91. The van der Waals surface area contributed by atoms with E-state index in [1.54, 1.807) is 0 Å². The highest BCUT2D eigenvalue weighted by Gasteiger charge is 2.03. The van der Waals surface area contributed by atoms with Crippen LogP contribution in [-0.2, 0) is 6.42 Å². The van der Waals surface area contributed by atoms with Crippen molar-refractivity contribution < 1.29 is 5.11 Å². The highest BCUT2D eigenvalue weighted by molar-refractivity contribution is 5.67. The number of aliphatic hydroxyl groups is 1. The summed E-state index contributed by atoms with van der Waals surface area (Å²) in [6.07, 6.45) is 0.418. The summed E-state index contributed by atoms with van der Waals surface area (Å²) in [6.45, 7) is 3.94. The minimum Gasteiger partial charge on any atom is -0.393 e. The predicted octanol–water partition coefficient (Wildman–Crippen LogP) is 3.59. The lowest BCUT2D eigenvalue weighted by Crippen LogP contribution is -2.03. The van der Waals surface area contributed by atoms with Crippen LogP contribution in [0.3, 0.4) is 0 Å². The number of hydrogen-bond donors (Lipinski definition) is 1. The Labute approximate surface area is 103 Å². The maximum absolute atomic E-state index is 9.42. The van der Waals surface area contributed by atoms with E-state index in [9.17, 15) is 5.11 Å². The van der Waals surface area contributed by atoms with E-state index in [2.05, 4.69) is 55.5 Å². The maximum Gasteiger partial charge on any atom is 0.0552 e. The van der Waals surface area contributed by atoms with Gasteiger partial charge in [0.15, 0.2) is 0 Å². The third kappa shape index (κ3) is 2.95. The van der Waals surface area contributed by atoms with E-state index in [1.165, 1.54) is 22.3 Å². The summed E-state index contributed by atoms with van der Waals surface area (Å²) in [4.78, 5) is 0. The molecular weight excluding hydrogens is 208 g/mol. The summed E-state index contributed by atoms with van der Waals surface area (Å²) in [5.74, 6) is 0. The summed E-state index contributed by atoms with van der Waals surface area (Å²) >= 11 is 0. The Bertz CT molecular complexity index is 500. The molecule has 2 rings (SSSR count). The molecule has 0 aliphatic heterocycles. The average Bonchev–Trinajstić information content (AvgIpc) is 2.29. The van der Waals surface area contributed by atoms with Crippen LogP contribution in [0.15, 0.2) is 48.5 Å². The van der Waals surface area contributed by atoms with Crippen molar-refractivity contribution in [2.45, 2.75) is 26.4 Å². The molecule has 1 nitrogen and oxygen atoms in total. The maximum atomic E-state index is 9.42. The molecule has 0 saturated carbocycles. The molecule has 88 valence electrons. The highest BCUT2D eigenvalue weighted by Crippen LogP contribution is 2.24. The van der Waals surface area contributed by atoms with E-state index < -0.39 is 0 Å². The summed E-state index contributed by atoms with van der Waals surface area (Å²) in [5, 5.41) is 9.42. The van der Waals surface area contributed by atoms with Crippen LogP contribution in [0.2, 0.25) is 0 Å². The largest absolute Gasteiger partial charge is 0.393 e.